The number of nitrogens with zero attached hydrogens (tertiary/aromatic N) is 1. The minimum atomic E-state index is 0.129. The highest BCUT2D eigenvalue weighted by Crippen LogP contribution is 2.30. The van der Waals surface area contributed by atoms with Crippen molar-refractivity contribution in [3.8, 4) is 0 Å². The molecular formula is C19H29N3OS. The Morgan fingerprint density at radius 2 is 2.29 bits per heavy atom. The Bertz CT molecular complexity index is 570. The summed E-state index contributed by atoms with van der Waals surface area (Å²) in [7, 11) is 0. The Hall–Kier alpha value is -1.04. The van der Waals surface area contributed by atoms with Gasteiger partial charge in [-0.05, 0) is 36.1 Å². The number of carbonyl (C=O) groups is 1. The molecule has 0 radical (unpaired) electrons. The van der Waals surface area contributed by atoms with Crippen LogP contribution in [0.5, 0.6) is 0 Å². The van der Waals surface area contributed by atoms with E-state index in [1.165, 1.54) is 17.5 Å². The Morgan fingerprint density at radius 3 is 3.04 bits per heavy atom. The van der Waals surface area contributed by atoms with Crippen LogP contribution in [0.1, 0.15) is 37.8 Å². The number of benzene rings is 1. The number of nitrogens with one attached hydrogen (secondary N) is 2. The fourth-order valence-electron chi connectivity index (χ4n) is 3.38. The molecule has 0 bridgehead atoms. The van der Waals surface area contributed by atoms with Gasteiger partial charge in [0.2, 0.25) is 5.91 Å². The number of fused-ring (bicyclic) bond motifs is 1. The summed E-state index contributed by atoms with van der Waals surface area (Å²) < 4.78 is 0. The smallest absolute Gasteiger partial charge is 0.225 e. The normalized spacial score (nSPS) is 21.0. The van der Waals surface area contributed by atoms with Crippen LogP contribution in [0.15, 0.2) is 18.2 Å². The van der Waals surface area contributed by atoms with Crippen LogP contribution in [0.3, 0.4) is 0 Å². The van der Waals surface area contributed by atoms with Gasteiger partial charge in [0.1, 0.15) is 0 Å². The maximum atomic E-state index is 12.4. The number of anilines is 1. The van der Waals surface area contributed by atoms with Gasteiger partial charge >= 0.3 is 0 Å². The zero-order valence-electron chi connectivity index (χ0n) is 14.8. The van der Waals surface area contributed by atoms with E-state index in [4.69, 9.17) is 0 Å². The maximum absolute atomic E-state index is 12.4. The molecule has 0 aliphatic carbocycles. The molecule has 24 heavy (non-hydrogen) atoms. The summed E-state index contributed by atoms with van der Waals surface area (Å²) in [4.78, 5) is 14.9. The van der Waals surface area contributed by atoms with Crippen molar-refractivity contribution in [2.75, 3.05) is 29.9 Å². The van der Waals surface area contributed by atoms with E-state index in [1.807, 2.05) is 17.8 Å². The zero-order chi connectivity index (χ0) is 16.9. The molecule has 1 unspecified atom stereocenters. The fraction of sp³-hybridized carbons (Fsp3) is 0.632. The molecule has 1 aromatic rings. The second kappa shape index (κ2) is 8.37. The highest BCUT2D eigenvalue weighted by molar-refractivity contribution is 7.99. The first-order chi connectivity index (χ1) is 11.6. The molecule has 1 amide bonds. The summed E-state index contributed by atoms with van der Waals surface area (Å²) in [6.07, 6.45) is 1.79. The minimum absolute atomic E-state index is 0.129. The largest absolute Gasteiger partial charge is 0.326 e. The average Bonchev–Trinajstić information content (AvgIpc) is 2.98. The third kappa shape index (κ3) is 4.74. The lowest BCUT2D eigenvalue weighted by Gasteiger charge is -2.22. The summed E-state index contributed by atoms with van der Waals surface area (Å²) in [5.74, 6) is 3.04. The molecular weight excluding hydrogens is 318 g/mol. The molecule has 5 heteroatoms. The van der Waals surface area contributed by atoms with Gasteiger partial charge in [0.15, 0.2) is 0 Å². The Labute approximate surface area is 149 Å². The van der Waals surface area contributed by atoms with Crippen molar-refractivity contribution < 1.29 is 4.79 Å². The van der Waals surface area contributed by atoms with Crippen molar-refractivity contribution in [1.29, 1.82) is 0 Å². The Balaban J connectivity index is 1.58. The van der Waals surface area contributed by atoms with Crippen LogP contribution in [0.2, 0.25) is 0 Å². The highest BCUT2D eigenvalue weighted by Gasteiger charge is 2.23. The first kappa shape index (κ1) is 17.8. The highest BCUT2D eigenvalue weighted by atomic mass is 32.2. The second-order valence-corrected chi connectivity index (χ2v) is 8.46. The van der Waals surface area contributed by atoms with E-state index in [0.717, 1.165) is 49.3 Å². The van der Waals surface area contributed by atoms with Gasteiger partial charge in [0.05, 0.1) is 0 Å². The topological polar surface area (TPSA) is 44.4 Å². The van der Waals surface area contributed by atoms with Gasteiger partial charge in [-0.15, -0.1) is 0 Å². The van der Waals surface area contributed by atoms with Crippen molar-refractivity contribution in [3.05, 3.63) is 29.3 Å². The van der Waals surface area contributed by atoms with E-state index < -0.39 is 0 Å². The van der Waals surface area contributed by atoms with Gasteiger partial charge in [-0.25, -0.2) is 0 Å². The molecule has 3 rings (SSSR count). The van der Waals surface area contributed by atoms with Gasteiger partial charge in [-0.1, -0.05) is 26.0 Å². The summed E-state index contributed by atoms with van der Waals surface area (Å²) in [6.45, 7) is 8.64. The lowest BCUT2D eigenvalue weighted by molar-refractivity contribution is -0.116. The average molecular weight is 348 g/mol. The molecule has 2 N–H and O–H groups in total. The van der Waals surface area contributed by atoms with Crippen LogP contribution in [0, 0.1) is 5.92 Å². The molecule has 2 heterocycles. The van der Waals surface area contributed by atoms with E-state index in [0.29, 0.717) is 12.5 Å². The summed E-state index contributed by atoms with van der Waals surface area (Å²) in [5, 5.41) is 6.59. The van der Waals surface area contributed by atoms with Crippen LogP contribution >= 0.6 is 11.8 Å². The number of carbonyl (C=O) groups excluding carboxylic acids is 1. The van der Waals surface area contributed by atoms with Crippen LogP contribution in [-0.2, 0) is 17.9 Å². The molecule has 2 aliphatic heterocycles. The van der Waals surface area contributed by atoms with Crippen LogP contribution in [0.25, 0.3) is 0 Å². The zero-order valence-corrected chi connectivity index (χ0v) is 15.6. The van der Waals surface area contributed by atoms with E-state index in [9.17, 15) is 4.79 Å². The number of amides is 1. The first-order valence-electron chi connectivity index (χ1n) is 9.06. The standard InChI is InChI=1S/C19H29N3OS/c1-14(2)6-8-22-11-15-4-3-5-18(17(15)12-22)21-19(23)10-16-13-24-9-7-20-16/h3-5,14,16,20H,6-13H2,1-2H3,(H,21,23). The van der Waals surface area contributed by atoms with Gasteiger partial charge in [-0.3, -0.25) is 9.69 Å². The van der Waals surface area contributed by atoms with Gasteiger partial charge < -0.3 is 10.6 Å². The predicted octanol–water partition coefficient (Wildman–Crippen LogP) is 3.08. The first-order valence-corrected chi connectivity index (χ1v) is 10.2. The molecule has 1 fully saturated rings. The van der Waals surface area contributed by atoms with Gasteiger partial charge in [0.25, 0.3) is 0 Å². The van der Waals surface area contributed by atoms with E-state index in [-0.39, 0.29) is 5.91 Å². The number of rotatable bonds is 6. The number of hydrogen-bond donors (Lipinski definition) is 2. The predicted molar refractivity (Wildman–Crippen MR) is 102 cm³/mol. The van der Waals surface area contributed by atoms with Gasteiger partial charge in [0, 0.05) is 49.3 Å². The van der Waals surface area contributed by atoms with Crippen LogP contribution < -0.4 is 10.6 Å². The molecule has 132 valence electrons. The van der Waals surface area contributed by atoms with Crippen molar-refractivity contribution >= 4 is 23.4 Å². The monoisotopic (exact) mass is 347 g/mol. The molecule has 0 aromatic heterocycles. The quantitative estimate of drug-likeness (QED) is 0.830. The minimum Gasteiger partial charge on any atom is -0.326 e. The molecule has 1 saturated heterocycles. The third-order valence-electron chi connectivity index (χ3n) is 4.78. The fourth-order valence-corrected chi connectivity index (χ4v) is 4.33. The lowest BCUT2D eigenvalue weighted by atomic mass is 10.1. The summed E-state index contributed by atoms with van der Waals surface area (Å²) in [5.41, 5.74) is 3.68. The maximum Gasteiger partial charge on any atom is 0.225 e. The van der Waals surface area contributed by atoms with Crippen LogP contribution in [0.4, 0.5) is 5.69 Å². The van der Waals surface area contributed by atoms with E-state index >= 15 is 0 Å². The molecule has 2 aliphatic rings. The van der Waals surface area contributed by atoms with Crippen molar-refractivity contribution in [3.63, 3.8) is 0 Å². The SMILES string of the molecule is CC(C)CCN1Cc2cccc(NC(=O)CC3CSCCN3)c2C1. The van der Waals surface area contributed by atoms with E-state index in [2.05, 4.69) is 41.5 Å². The Morgan fingerprint density at radius 1 is 1.42 bits per heavy atom. The number of thioether (sulfide) groups is 1. The second-order valence-electron chi connectivity index (χ2n) is 7.31. The number of hydrogen-bond acceptors (Lipinski definition) is 4. The van der Waals surface area contributed by atoms with Crippen molar-refractivity contribution in [1.82, 2.24) is 10.2 Å². The van der Waals surface area contributed by atoms with E-state index in [1.54, 1.807) is 0 Å². The molecule has 0 saturated carbocycles. The lowest BCUT2D eigenvalue weighted by Crippen LogP contribution is -2.40. The molecule has 1 atom stereocenters. The Kier molecular flexibility index (Phi) is 6.19. The van der Waals surface area contributed by atoms with Crippen LogP contribution in [-0.4, -0.2) is 41.4 Å². The molecule has 1 aromatic carbocycles. The summed E-state index contributed by atoms with van der Waals surface area (Å²) >= 11 is 1.93. The molecule has 4 nitrogen and oxygen atoms in total. The summed E-state index contributed by atoms with van der Waals surface area (Å²) in [6, 6.07) is 6.61. The van der Waals surface area contributed by atoms with Gasteiger partial charge in [-0.2, -0.15) is 11.8 Å². The molecule has 0 spiro atoms. The van der Waals surface area contributed by atoms with Crippen molar-refractivity contribution in [2.45, 2.75) is 45.8 Å². The third-order valence-corrected chi connectivity index (χ3v) is 5.91. The van der Waals surface area contributed by atoms with Crippen molar-refractivity contribution in [2.24, 2.45) is 5.92 Å².